The van der Waals surface area contributed by atoms with Crippen molar-refractivity contribution in [3.8, 4) is 0 Å². The number of hydrogen-bond acceptors (Lipinski definition) is 4. The SMILES string of the molecule is O=C(Nc1cc(F)c(F)c(C(=O)c2ccc3nccnc3c2)c1)c1cccc(C(F)(F)F)c1. The van der Waals surface area contributed by atoms with Gasteiger partial charge < -0.3 is 5.32 Å². The lowest BCUT2D eigenvalue weighted by Crippen LogP contribution is -2.15. The number of amides is 1. The van der Waals surface area contributed by atoms with Crippen LogP contribution in [0.1, 0.15) is 31.8 Å². The summed E-state index contributed by atoms with van der Waals surface area (Å²) in [5.74, 6) is -4.72. The average molecular weight is 457 g/mol. The fourth-order valence-corrected chi connectivity index (χ4v) is 3.13. The molecule has 0 radical (unpaired) electrons. The highest BCUT2D eigenvalue weighted by molar-refractivity contribution is 6.11. The second-order valence-corrected chi connectivity index (χ2v) is 6.94. The van der Waals surface area contributed by atoms with Crippen LogP contribution in [0.15, 0.2) is 67.0 Å². The van der Waals surface area contributed by atoms with Crippen molar-refractivity contribution in [2.24, 2.45) is 0 Å². The Balaban J connectivity index is 1.66. The summed E-state index contributed by atoms with van der Waals surface area (Å²) in [6.45, 7) is 0. The van der Waals surface area contributed by atoms with E-state index in [1.807, 2.05) is 0 Å². The number of carbonyl (C=O) groups excluding carboxylic acids is 2. The van der Waals surface area contributed by atoms with Gasteiger partial charge in [0.25, 0.3) is 5.91 Å². The molecule has 1 N–H and O–H groups in total. The van der Waals surface area contributed by atoms with Gasteiger partial charge in [0.05, 0.1) is 22.2 Å². The summed E-state index contributed by atoms with van der Waals surface area (Å²) in [7, 11) is 0. The van der Waals surface area contributed by atoms with E-state index < -0.39 is 40.6 Å². The maximum Gasteiger partial charge on any atom is 0.416 e. The zero-order chi connectivity index (χ0) is 23.8. The van der Waals surface area contributed by atoms with Crippen molar-refractivity contribution >= 4 is 28.4 Å². The predicted molar refractivity (Wildman–Crippen MR) is 109 cm³/mol. The first-order valence-corrected chi connectivity index (χ1v) is 9.36. The lowest BCUT2D eigenvalue weighted by Gasteiger charge is -2.11. The molecule has 166 valence electrons. The molecule has 3 aromatic carbocycles. The van der Waals surface area contributed by atoms with Crippen LogP contribution in [-0.4, -0.2) is 21.7 Å². The maximum absolute atomic E-state index is 14.4. The largest absolute Gasteiger partial charge is 0.416 e. The molecule has 4 aromatic rings. The highest BCUT2D eigenvalue weighted by Gasteiger charge is 2.31. The molecular weight excluding hydrogens is 445 g/mol. The van der Waals surface area contributed by atoms with E-state index >= 15 is 0 Å². The number of anilines is 1. The van der Waals surface area contributed by atoms with Crippen LogP contribution in [0.5, 0.6) is 0 Å². The van der Waals surface area contributed by atoms with E-state index in [-0.39, 0.29) is 16.8 Å². The summed E-state index contributed by atoms with van der Waals surface area (Å²) in [5.41, 5.74) is -1.52. The molecule has 1 amide bonds. The number of carbonyl (C=O) groups is 2. The Morgan fingerprint density at radius 2 is 1.55 bits per heavy atom. The van der Waals surface area contributed by atoms with Crippen molar-refractivity contribution in [2.75, 3.05) is 5.32 Å². The highest BCUT2D eigenvalue weighted by Crippen LogP contribution is 2.30. The predicted octanol–water partition coefficient (Wildman–Crippen LogP) is 5.41. The molecule has 1 aromatic heterocycles. The van der Waals surface area contributed by atoms with E-state index in [9.17, 15) is 31.5 Å². The lowest BCUT2D eigenvalue weighted by atomic mass is 10.0. The molecule has 0 aliphatic heterocycles. The van der Waals surface area contributed by atoms with E-state index in [0.717, 1.165) is 24.3 Å². The van der Waals surface area contributed by atoms with E-state index in [4.69, 9.17) is 0 Å². The number of halogens is 5. The molecule has 0 bridgehead atoms. The summed E-state index contributed by atoms with van der Waals surface area (Å²) in [6, 6.07) is 9.34. The lowest BCUT2D eigenvalue weighted by molar-refractivity contribution is -0.137. The molecule has 0 unspecified atom stereocenters. The van der Waals surface area contributed by atoms with E-state index in [1.54, 1.807) is 0 Å². The zero-order valence-corrected chi connectivity index (χ0v) is 16.5. The Morgan fingerprint density at radius 3 is 2.27 bits per heavy atom. The number of fused-ring (bicyclic) bond motifs is 1. The van der Waals surface area contributed by atoms with Gasteiger partial charge >= 0.3 is 6.18 Å². The smallest absolute Gasteiger partial charge is 0.322 e. The Labute approximate surface area is 182 Å². The minimum atomic E-state index is -4.66. The third kappa shape index (κ3) is 4.54. The molecule has 0 aliphatic rings. The monoisotopic (exact) mass is 457 g/mol. The molecular formula is C23H12F5N3O2. The van der Waals surface area contributed by atoms with Crippen LogP contribution >= 0.6 is 0 Å². The van der Waals surface area contributed by atoms with Gasteiger partial charge in [-0.15, -0.1) is 0 Å². The van der Waals surface area contributed by atoms with Crippen molar-refractivity contribution in [2.45, 2.75) is 6.18 Å². The Hall–Kier alpha value is -4.21. The Morgan fingerprint density at radius 1 is 0.818 bits per heavy atom. The van der Waals surface area contributed by atoms with Gasteiger partial charge in [-0.2, -0.15) is 13.2 Å². The molecule has 0 fully saturated rings. The topological polar surface area (TPSA) is 72.0 Å². The molecule has 0 atom stereocenters. The van der Waals surface area contributed by atoms with Gasteiger partial charge in [-0.05, 0) is 42.5 Å². The Kier molecular flexibility index (Phi) is 5.59. The van der Waals surface area contributed by atoms with E-state index in [1.165, 1.54) is 30.6 Å². The third-order valence-corrected chi connectivity index (χ3v) is 4.71. The van der Waals surface area contributed by atoms with Gasteiger partial charge in [0.1, 0.15) is 0 Å². The van der Waals surface area contributed by atoms with Crippen LogP contribution in [0.3, 0.4) is 0 Å². The van der Waals surface area contributed by atoms with Gasteiger partial charge in [-0.25, -0.2) is 8.78 Å². The fraction of sp³-hybridized carbons (Fsp3) is 0.0435. The average Bonchev–Trinajstić information content (AvgIpc) is 2.80. The van der Waals surface area contributed by atoms with Crippen molar-refractivity contribution in [3.05, 3.63) is 101 Å². The third-order valence-electron chi connectivity index (χ3n) is 4.71. The second-order valence-electron chi connectivity index (χ2n) is 6.94. The van der Waals surface area contributed by atoms with Crippen molar-refractivity contribution in [1.82, 2.24) is 9.97 Å². The van der Waals surface area contributed by atoms with Crippen molar-refractivity contribution in [1.29, 1.82) is 0 Å². The summed E-state index contributed by atoms with van der Waals surface area (Å²) in [6.07, 6.45) is -1.81. The van der Waals surface area contributed by atoms with E-state index in [0.29, 0.717) is 23.2 Å². The minimum absolute atomic E-state index is 0.00246. The molecule has 10 heteroatoms. The molecule has 0 aliphatic carbocycles. The van der Waals surface area contributed by atoms with Gasteiger partial charge in [-0.1, -0.05) is 6.07 Å². The first-order chi connectivity index (χ1) is 15.6. The number of nitrogens with zero attached hydrogens (tertiary/aromatic N) is 2. The van der Waals surface area contributed by atoms with Crippen molar-refractivity contribution in [3.63, 3.8) is 0 Å². The van der Waals surface area contributed by atoms with Gasteiger partial charge in [0, 0.05) is 35.3 Å². The first kappa shape index (κ1) is 22.0. The number of rotatable bonds is 4. The summed E-state index contributed by atoms with van der Waals surface area (Å²) >= 11 is 0. The van der Waals surface area contributed by atoms with Gasteiger partial charge in [0.2, 0.25) is 0 Å². The highest BCUT2D eigenvalue weighted by atomic mass is 19.4. The summed E-state index contributed by atoms with van der Waals surface area (Å²) in [5, 5.41) is 2.19. The quantitative estimate of drug-likeness (QED) is 0.329. The van der Waals surface area contributed by atoms with Crippen LogP contribution in [0.4, 0.5) is 27.6 Å². The number of nitrogens with one attached hydrogen (secondary N) is 1. The summed E-state index contributed by atoms with van der Waals surface area (Å²) < 4.78 is 67.3. The van der Waals surface area contributed by atoms with Crippen LogP contribution in [0.2, 0.25) is 0 Å². The molecule has 1 heterocycles. The number of aromatic nitrogens is 2. The number of alkyl halides is 3. The van der Waals surface area contributed by atoms with E-state index in [2.05, 4.69) is 15.3 Å². The maximum atomic E-state index is 14.4. The number of hydrogen-bond donors (Lipinski definition) is 1. The minimum Gasteiger partial charge on any atom is -0.322 e. The molecule has 4 rings (SSSR count). The normalized spacial score (nSPS) is 11.4. The van der Waals surface area contributed by atoms with Gasteiger partial charge in [0.15, 0.2) is 17.4 Å². The number of benzene rings is 3. The molecule has 0 spiro atoms. The summed E-state index contributed by atoms with van der Waals surface area (Å²) in [4.78, 5) is 33.3. The zero-order valence-electron chi connectivity index (χ0n) is 16.5. The van der Waals surface area contributed by atoms with Gasteiger partial charge in [-0.3, -0.25) is 19.6 Å². The fourth-order valence-electron chi connectivity index (χ4n) is 3.13. The molecule has 33 heavy (non-hydrogen) atoms. The van der Waals surface area contributed by atoms with Crippen molar-refractivity contribution < 1.29 is 31.5 Å². The van der Waals surface area contributed by atoms with Crippen LogP contribution < -0.4 is 5.32 Å². The Bertz CT molecular complexity index is 1400. The molecule has 0 saturated carbocycles. The second kappa shape index (κ2) is 8.38. The van der Waals surface area contributed by atoms with Crippen LogP contribution in [0.25, 0.3) is 11.0 Å². The molecule has 0 saturated heterocycles. The van der Waals surface area contributed by atoms with Crippen LogP contribution in [0, 0.1) is 11.6 Å². The first-order valence-electron chi connectivity index (χ1n) is 9.36. The standard InChI is InChI=1S/C23H12F5N3O2/c24-17-11-15(31-22(33)13-2-1-3-14(8-13)23(26,27)28)10-16(20(17)25)21(32)12-4-5-18-19(9-12)30-7-6-29-18/h1-11H,(H,31,33). The number of ketones is 1. The van der Waals surface area contributed by atoms with Crippen LogP contribution in [-0.2, 0) is 6.18 Å². The molecule has 5 nitrogen and oxygen atoms in total.